The Bertz CT molecular complexity index is 474. The Morgan fingerprint density at radius 3 is 2.65 bits per heavy atom. The minimum absolute atomic E-state index is 0.120. The SMILES string of the molecule is CCn1cnc(S(=O)(=O)N2CCC(N)CC2)c1. The predicted molar refractivity (Wildman–Crippen MR) is 63.9 cm³/mol. The minimum atomic E-state index is -3.43. The molecule has 1 saturated heterocycles. The monoisotopic (exact) mass is 258 g/mol. The second-order valence-electron chi connectivity index (χ2n) is 4.28. The molecule has 2 rings (SSSR count). The zero-order chi connectivity index (χ0) is 12.5. The highest BCUT2D eigenvalue weighted by atomic mass is 32.2. The lowest BCUT2D eigenvalue weighted by atomic mass is 10.1. The number of sulfonamides is 1. The third kappa shape index (κ3) is 2.51. The summed E-state index contributed by atoms with van der Waals surface area (Å²) in [6.07, 6.45) is 4.55. The lowest BCUT2D eigenvalue weighted by Gasteiger charge is -2.28. The summed E-state index contributed by atoms with van der Waals surface area (Å²) < 4.78 is 27.7. The maximum atomic E-state index is 12.2. The van der Waals surface area contributed by atoms with Gasteiger partial charge in [0.05, 0.1) is 6.33 Å². The molecule has 1 aromatic heterocycles. The molecule has 0 aliphatic carbocycles. The van der Waals surface area contributed by atoms with Crippen LogP contribution in [0.25, 0.3) is 0 Å². The van der Waals surface area contributed by atoms with E-state index in [0.717, 1.165) is 0 Å². The van der Waals surface area contributed by atoms with Crippen LogP contribution >= 0.6 is 0 Å². The first-order chi connectivity index (χ1) is 8.04. The number of imidazole rings is 1. The summed E-state index contributed by atoms with van der Waals surface area (Å²) in [6.45, 7) is 3.64. The van der Waals surface area contributed by atoms with E-state index < -0.39 is 10.0 Å². The number of aryl methyl sites for hydroxylation is 1. The molecule has 1 fully saturated rings. The molecule has 96 valence electrons. The van der Waals surface area contributed by atoms with Crippen LogP contribution in [0.1, 0.15) is 19.8 Å². The third-order valence-corrected chi connectivity index (χ3v) is 4.86. The fourth-order valence-electron chi connectivity index (χ4n) is 1.89. The van der Waals surface area contributed by atoms with Crippen molar-refractivity contribution in [1.82, 2.24) is 13.9 Å². The molecule has 1 aliphatic rings. The molecule has 0 aromatic carbocycles. The summed E-state index contributed by atoms with van der Waals surface area (Å²) in [7, 11) is -3.43. The number of hydrogen-bond acceptors (Lipinski definition) is 4. The highest BCUT2D eigenvalue weighted by Crippen LogP contribution is 2.18. The highest BCUT2D eigenvalue weighted by molar-refractivity contribution is 7.89. The molecule has 1 aromatic rings. The molecular weight excluding hydrogens is 240 g/mol. The lowest BCUT2D eigenvalue weighted by molar-refractivity contribution is 0.319. The normalized spacial score (nSPS) is 19.6. The summed E-state index contributed by atoms with van der Waals surface area (Å²) >= 11 is 0. The van der Waals surface area contributed by atoms with Crippen LogP contribution in [0.15, 0.2) is 17.6 Å². The average molecular weight is 258 g/mol. The molecule has 0 saturated carbocycles. The number of piperidine rings is 1. The van der Waals surface area contributed by atoms with Gasteiger partial charge in [0.15, 0.2) is 5.03 Å². The van der Waals surface area contributed by atoms with Gasteiger partial charge in [-0.1, -0.05) is 0 Å². The lowest BCUT2D eigenvalue weighted by Crippen LogP contribution is -2.42. The molecule has 1 aliphatic heterocycles. The van der Waals surface area contributed by atoms with Gasteiger partial charge in [-0.05, 0) is 19.8 Å². The Hall–Kier alpha value is -0.920. The Labute approximate surface area is 101 Å². The van der Waals surface area contributed by atoms with E-state index in [1.165, 1.54) is 4.31 Å². The maximum absolute atomic E-state index is 12.2. The van der Waals surface area contributed by atoms with Gasteiger partial charge in [0.1, 0.15) is 0 Å². The number of rotatable bonds is 3. The zero-order valence-corrected chi connectivity index (χ0v) is 10.7. The van der Waals surface area contributed by atoms with Crippen LogP contribution in [0.3, 0.4) is 0 Å². The highest BCUT2D eigenvalue weighted by Gasteiger charge is 2.29. The number of nitrogens with zero attached hydrogens (tertiary/aromatic N) is 3. The van der Waals surface area contributed by atoms with Crippen LogP contribution in [-0.4, -0.2) is 41.4 Å². The molecule has 7 heteroatoms. The summed E-state index contributed by atoms with van der Waals surface area (Å²) in [5.41, 5.74) is 5.76. The van der Waals surface area contributed by atoms with Crippen LogP contribution in [0, 0.1) is 0 Å². The number of hydrogen-bond donors (Lipinski definition) is 1. The van der Waals surface area contributed by atoms with Gasteiger partial charge in [-0.15, -0.1) is 0 Å². The quantitative estimate of drug-likeness (QED) is 0.828. The van der Waals surface area contributed by atoms with Crippen molar-refractivity contribution in [1.29, 1.82) is 0 Å². The molecule has 0 bridgehead atoms. The summed E-state index contributed by atoms with van der Waals surface area (Å²) in [5.74, 6) is 0. The smallest absolute Gasteiger partial charge is 0.262 e. The van der Waals surface area contributed by atoms with Crippen molar-refractivity contribution in [2.24, 2.45) is 5.73 Å². The van der Waals surface area contributed by atoms with Gasteiger partial charge in [0, 0.05) is 31.9 Å². The van der Waals surface area contributed by atoms with Gasteiger partial charge >= 0.3 is 0 Å². The van der Waals surface area contributed by atoms with E-state index in [0.29, 0.717) is 32.5 Å². The van der Waals surface area contributed by atoms with Crippen molar-refractivity contribution in [2.75, 3.05) is 13.1 Å². The van der Waals surface area contributed by atoms with E-state index in [1.807, 2.05) is 6.92 Å². The molecule has 6 nitrogen and oxygen atoms in total. The summed E-state index contributed by atoms with van der Waals surface area (Å²) in [4.78, 5) is 3.96. The molecule has 0 amide bonds. The summed E-state index contributed by atoms with van der Waals surface area (Å²) in [5, 5.41) is 0.134. The van der Waals surface area contributed by atoms with Crippen molar-refractivity contribution in [3.8, 4) is 0 Å². The van der Waals surface area contributed by atoms with Gasteiger partial charge in [-0.25, -0.2) is 13.4 Å². The van der Waals surface area contributed by atoms with E-state index in [-0.39, 0.29) is 11.1 Å². The van der Waals surface area contributed by atoms with Crippen LogP contribution in [-0.2, 0) is 16.6 Å². The minimum Gasteiger partial charge on any atom is -0.336 e. The average Bonchev–Trinajstić information content (AvgIpc) is 2.78. The van der Waals surface area contributed by atoms with E-state index in [2.05, 4.69) is 4.98 Å². The molecule has 0 unspecified atom stereocenters. The van der Waals surface area contributed by atoms with Crippen LogP contribution < -0.4 is 5.73 Å². The van der Waals surface area contributed by atoms with Crippen molar-refractivity contribution in [3.63, 3.8) is 0 Å². The van der Waals surface area contributed by atoms with Crippen molar-refractivity contribution in [3.05, 3.63) is 12.5 Å². The molecule has 0 radical (unpaired) electrons. The van der Waals surface area contributed by atoms with Gasteiger partial charge < -0.3 is 10.3 Å². The van der Waals surface area contributed by atoms with Crippen LogP contribution in [0.5, 0.6) is 0 Å². The van der Waals surface area contributed by atoms with E-state index in [9.17, 15) is 8.42 Å². The van der Waals surface area contributed by atoms with Gasteiger partial charge in [-0.3, -0.25) is 0 Å². The fourth-order valence-corrected chi connectivity index (χ4v) is 3.30. The summed E-state index contributed by atoms with van der Waals surface area (Å²) in [6, 6.07) is 0.120. The topological polar surface area (TPSA) is 81.2 Å². The Morgan fingerprint density at radius 2 is 2.12 bits per heavy atom. The van der Waals surface area contributed by atoms with E-state index >= 15 is 0 Å². The van der Waals surface area contributed by atoms with Gasteiger partial charge in [-0.2, -0.15) is 4.31 Å². The second-order valence-corrected chi connectivity index (χ2v) is 6.17. The first-order valence-electron chi connectivity index (χ1n) is 5.81. The number of aromatic nitrogens is 2. The maximum Gasteiger partial charge on any atom is 0.262 e. The van der Waals surface area contributed by atoms with Crippen molar-refractivity contribution in [2.45, 2.75) is 37.4 Å². The van der Waals surface area contributed by atoms with Gasteiger partial charge in [0.2, 0.25) is 0 Å². The molecule has 0 atom stereocenters. The molecule has 2 heterocycles. The zero-order valence-electron chi connectivity index (χ0n) is 9.91. The largest absolute Gasteiger partial charge is 0.336 e. The van der Waals surface area contributed by atoms with Crippen LogP contribution in [0.4, 0.5) is 0 Å². The Balaban J connectivity index is 2.18. The molecule has 17 heavy (non-hydrogen) atoms. The first kappa shape index (κ1) is 12.5. The molecule has 0 spiro atoms. The molecular formula is C10H18N4O2S. The van der Waals surface area contributed by atoms with E-state index in [4.69, 9.17) is 5.73 Å². The van der Waals surface area contributed by atoms with Crippen LogP contribution in [0.2, 0.25) is 0 Å². The molecule has 2 N–H and O–H groups in total. The first-order valence-corrected chi connectivity index (χ1v) is 7.25. The van der Waals surface area contributed by atoms with Gasteiger partial charge in [0.25, 0.3) is 10.0 Å². The Morgan fingerprint density at radius 1 is 1.47 bits per heavy atom. The standard InChI is InChI=1S/C10H18N4O2S/c1-2-13-7-10(12-8-13)17(15,16)14-5-3-9(11)4-6-14/h7-9H,2-6,11H2,1H3. The fraction of sp³-hybridized carbons (Fsp3) is 0.700. The van der Waals surface area contributed by atoms with Crippen molar-refractivity contribution >= 4 is 10.0 Å². The third-order valence-electron chi connectivity index (χ3n) is 3.08. The predicted octanol–water partition coefficient (Wildman–Crippen LogP) is 0.0148. The Kier molecular flexibility index (Phi) is 3.50. The second kappa shape index (κ2) is 4.75. The van der Waals surface area contributed by atoms with E-state index in [1.54, 1.807) is 17.1 Å². The number of nitrogens with two attached hydrogens (primary N) is 1. The van der Waals surface area contributed by atoms with Crippen molar-refractivity contribution < 1.29 is 8.42 Å².